The number of primary sulfonamides is 1. The van der Waals surface area contributed by atoms with Crippen molar-refractivity contribution >= 4 is 37.1 Å². The Bertz CT molecular complexity index is 1110. The molecule has 152 valence electrons. The van der Waals surface area contributed by atoms with Crippen LogP contribution in [0.1, 0.15) is 18.9 Å². The fourth-order valence-corrected chi connectivity index (χ4v) is 4.27. The SMILES string of the molecule is CCCNc1ccc(S(N)(=O)=O)cc1NS(=O)(=O)c1cc([N+](=O)[O-])ccc1C. The summed E-state index contributed by atoms with van der Waals surface area (Å²) in [7, 11) is -8.30. The number of nitrogens with one attached hydrogen (secondary N) is 2. The number of rotatable bonds is 8. The van der Waals surface area contributed by atoms with Gasteiger partial charge in [-0.25, -0.2) is 22.0 Å². The Morgan fingerprint density at radius 1 is 1.07 bits per heavy atom. The van der Waals surface area contributed by atoms with Crippen LogP contribution < -0.4 is 15.2 Å². The van der Waals surface area contributed by atoms with Gasteiger partial charge in [-0.3, -0.25) is 14.8 Å². The number of benzene rings is 2. The number of nitro benzene ring substituents is 1. The number of nitro groups is 1. The second-order valence-corrected chi connectivity index (χ2v) is 9.20. The van der Waals surface area contributed by atoms with Crippen molar-refractivity contribution in [2.24, 2.45) is 5.14 Å². The van der Waals surface area contributed by atoms with Crippen molar-refractivity contribution in [1.82, 2.24) is 0 Å². The molecule has 0 aromatic heterocycles. The minimum atomic E-state index is -4.24. The molecule has 12 heteroatoms. The molecule has 0 aliphatic rings. The zero-order valence-electron chi connectivity index (χ0n) is 15.2. The molecule has 0 amide bonds. The van der Waals surface area contributed by atoms with Crippen LogP contribution in [0.4, 0.5) is 17.1 Å². The van der Waals surface area contributed by atoms with Gasteiger partial charge in [0.05, 0.1) is 26.1 Å². The number of hydrogen-bond donors (Lipinski definition) is 3. The Balaban J connectivity index is 2.55. The van der Waals surface area contributed by atoms with Gasteiger partial charge in [-0.05, 0) is 37.1 Å². The summed E-state index contributed by atoms with van der Waals surface area (Å²) in [5.41, 5.74) is 0.226. The van der Waals surface area contributed by atoms with E-state index in [4.69, 9.17) is 5.14 Å². The van der Waals surface area contributed by atoms with E-state index < -0.39 is 25.0 Å². The molecule has 2 aromatic carbocycles. The summed E-state index contributed by atoms with van der Waals surface area (Å²) in [5.74, 6) is 0. The fraction of sp³-hybridized carbons (Fsp3) is 0.250. The maximum Gasteiger partial charge on any atom is 0.270 e. The predicted molar refractivity (Wildman–Crippen MR) is 105 cm³/mol. The van der Waals surface area contributed by atoms with E-state index in [-0.39, 0.29) is 21.2 Å². The minimum absolute atomic E-state index is 0.0362. The van der Waals surface area contributed by atoms with E-state index in [9.17, 15) is 26.9 Å². The van der Waals surface area contributed by atoms with E-state index in [0.29, 0.717) is 17.8 Å². The predicted octanol–water partition coefficient (Wildman–Crippen LogP) is 2.17. The molecule has 2 aromatic rings. The molecule has 28 heavy (non-hydrogen) atoms. The molecule has 0 unspecified atom stereocenters. The molecule has 0 aliphatic carbocycles. The van der Waals surface area contributed by atoms with Gasteiger partial charge in [0, 0.05) is 18.7 Å². The Morgan fingerprint density at radius 2 is 1.75 bits per heavy atom. The van der Waals surface area contributed by atoms with Crippen LogP contribution in [0, 0.1) is 17.0 Å². The van der Waals surface area contributed by atoms with Gasteiger partial charge < -0.3 is 5.32 Å². The summed E-state index contributed by atoms with van der Waals surface area (Å²) in [5, 5.41) is 19.1. The highest BCUT2D eigenvalue weighted by Gasteiger charge is 2.23. The average molecular weight is 428 g/mol. The molecule has 0 fully saturated rings. The smallest absolute Gasteiger partial charge is 0.270 e. The first-order valence-corrected chi connectivity index (χ1v) is 11.2. The lowest BCUT2D eigenvalue weighted by Crippen LogP contribution is -2.18. The molecule has 2 rings (SSSR count). The maximum absolute atomic E-state index is 12.8. The van der Waals surface area contributed by atoms with Gasteiger partial charge >= 0.3 is 0 Å². The van der Waals surface area contributed by atoms with Gasteiger partial charge in [0.2, 0.25) is 10.0 Å². The summed E-state index contributed by atoms with van der Waals surface area (Å²) >= 11 is 0. The number of non-ortho nitro benzene ring substituents is 1. The van der Waals surface area contributed by atoms with Crippen LogP contribution in [0.15, 0.2) is 46.2 Å². The summed E-state index contributed by atoms with van der Waals surface area (Å²) in [6.07, 6.45) is 0.743. The molecule has 0 saturated carbocycles. The van der Waals surface area contributed by atoms with Gasteiger partial charge in [-0.15, -0.1) is 0 Å². The van der Waals surface area contributed by atoms with E-state index in [1.54, 1.807) is 0 Å². The van der Waals surface area contributed by atoms with Gasteiger partial charge in [0.1, 0.15) is 0 Å². The second kappa shape index (κ2) is 8.12. The Kier molecular flexibility index (Phi) is 6.27. The molecule has 0 heterocycles. The Morgan fingerprint density at radius 3 is 2.32 bits per heavy atom. The standard InChI is InChI=1S/C16H20N4O6S2/c1-3-8-18-14-7-6-13(27(17,23)24)10-15(14)19-28(25,26)16-9-12(20(21)22)5-4-11(16)2/h4-7,9-10,18-19H,3,8H2,1-2H3,(H2,17,23,24). The van der Waals surface area contributed by atoms with E-state index in [1.807, 2.05) is 6.92 Å². The third-order valence-electron chi connectivity index (χ3n) is 3.80. The zero-order valence-corrected chi connectivity index (χ0v) is 16.8. The molecule has 0 atom stereocenters. The van der Waals surface area contributed by atoms with Crippen molar-refractivity contribution in [2.45, 2.75) is 30.1 Å². The number of nitrogens with two attached hydrogens (primary N) is 1. The van der Waals surface area contributed by atoms with Crippen molar-refractivity contribution < 1.29 is 21.8 Å². The van der Waals surface area contributed by atoms with Gasteiger partial charge in [0.25, 0.3) is 15.7 Å². The van der Waals surface area contributed by atoms with E-state index in [2.05, 4.69) is 10.0 Å². The lowest BCUT2D eigenvalue weighted by molar-refractivity contribution is -0.385. The molecule has 0 aliphatic heterocycles. The van der Waals surface area contributed by atoms with Crippen molar-refractivity contribution in [3.05, 3.63) is 52.1 Å². The van der Waals surface area contributed by atoms with Crippen LogP contribution in [-0.4, -0.2) is 28.3 Å². The van der Waals surface area contributed by atoms with Crippen LogP contribution in [0.3, 0.4) is 0 Å². The highest BCUT2D eigenvalue weighted by molar-refractivity contribution is 7.92. The third-order valence-corrected chi connectivity index (χ3v) is 6.22. The topological polar surface area (TPSA) is 162 Å². The van der Waals surface area contributed by atoms with Gasteiger partial charge in [0.15, 0.2) is 0 Å². The van der Waals surface area contributed by atoms with Gasteiger partial charge in [-0.2, -0.15) is 0 Å². The van der Waals surface area contributed by atoms with Crippen LogP contribution in [0.2, 0.25) is 0 Å². The van der Waals surface area contributed by atoms with E-state index in [0.717, 1.165) is 18.6 Å². The number of aryl methyl sites for hydroxylation is 1. The normalized spacial score (nSPS) is 11.8. The monoisotopic (exact) mass is 428 g/mol. The average Bonchev–Trinajstić information content (AvgIpc) is 2.59. The molecule has 4 N–H and O–H groups in total. The first-order valence-electron chi connectivity index (χ1n) is 8.14. The summed E-state index contributed by atoms with van der Waals surface area (Å²) < 4.78 is 51.2. The molecule has 0 saturated heterocycles. The number of anilines is 2. The second-order valence-electron chi connectivity index (χ2n) is 5.99. The van der Waals surface area contributed by atoms with E-state index in [1.165, 1.54) is 31.2 Å². The Labute approximate surface area is 163 Å². The third kappa shape index (κ3) is 4.97. The molecular formula is C16H20N4O6S2. The number of sulfonamides is 2. The molecule has 0 spiro atoms. The van der Waals surface area contributed by atoms with Crippen molar-refractivity contribution in [1.29, 1.82) is 0 Å². The summed E-state index contributed by atoms with van der Waals surface area (Å²) in [6, 6.07) is 7.21. The molecular weight excluding hydrogens is 408 g/mol. The highest BCUT2D eigenvalue weighted by Crippen LogP contribution is 2.29. The summed E-state index contributed by atoms with van der Waals surface area (Å²) in [4.78, 5) is 9.71. The van der Waals surface area contributed by atoms with Crippen molar-refractivity contribution in [2.75, 3.05) is 16.6 Å². The molecule has 10 nitrogen and oxygen atoms in total. The van der Waals surface area contributed by atoms with Crippen molar-refractivity contribution in [3.8, 4) is 0 Å². The summed E-state index contributed by atoms with van der Waals surface area (Å²) in [6.45, 7) is 3.91. The minimum Gasteiger partial charge on any atom is -0.383 e. The number of nitrogens with zero attached hydrogens (tertiary/aromatic N) is 1. The maximum atomic E-state index is 12.8. The van der Waals surface area contributed by atoms with Gasteiger partial charge in [-0.1, -0.05) is 13.0 Å². The lowest BCUT2D eigenvalue weighted by atomic mass is 10.2. The Hall–Kier alpha value is -2.70. The van der Waals surface area contributed by atoms with Crippen LogP contribution in [0.5, 0.6) is 0 Å². The van der Waals surface area contributed by atoms with E-state index >= 15 is 0 Å². The van der Waals surface area contributed by atoms with Crippen molar-refractivity contribution in [3.63, 3.8) is 0 Å². The van der Waals surface area contributed by atoms with Crippen LogP contribution >= 0.6 is 0 Å². The lowest BCUT2D eigenvalue weighted by Gasteiger charge is -2.16. The molecule has 0 bridgehead atoms. The molecule has 0 radical (unpaired) electrons. The highest BCUT2D eigenvalue weighted by atomic mass is 32.2. The fourth-order valence-electron chi connectivity index (χ4n) is 2.39. The van der Waals surface area contributed by atoms with Crippen LogP contribution in [0.25, 0.3) is 0 Å². The quantitative estimate of drug-likeness (QED) is 0.428. The first kappa shape index (κ1) is 21.6. The first-order chi connectivity index (χ1) is 13.0. The number of hydrogen-bond acceptors (Lipinski definition) is 7. The zero-order chi connectivity index (χ0) is 21.1. The van der Waals surface area contributed by atoms with Crippen LogP contribution in [-0.2, 0) is 20.0 Å². The largest absolute Gasteiger partial charge is 0.383 e.